The summed E-state index contributed by atoms with van der Waals surface area (Å²) in [6.45, 7) is 4.71. The molecule has 1 aromatic heterocycles. The Hall–Kier alpha value is -1.10. The lowest BCUT2D eigenvalue weighted by atomic mass is 10.0. The van der Waals surface area contributed by atoms with E-state index < -0.39 is 11.9 Å². The first-order valence-corrected chi connectivity index (χ1v) is 5.51. The third kappa shape index (κ3) is 2.04. The van der Waals surface area contributed by atoms with Crippen molar-refractivity contribution in [2.45, 2.75) is 25.9 Å². The summed E-state index contributed by atoms with van der Waals surface area (Å²) in [6, 6.07) is 2.55. The normalized spacial score (nSPS) is 26.9. The van der Waals surface area contributed by atoms with Crippen LogP contribution in [0.5, 0.6) is 0 Å². The van der Waals surface area contributed by atoms with E-state index in [0.717, 1.165) is 11.6 Å². The Labute approximate surface area is 98.0 Å². The molecule has 17 heavy (non-hydrogen) atoms. The average molecular weight is 244 g/mol. The van der Waals surface area contributed by atoms with Gasteiger partial charge in [-0.05, 0) is 35.4 Å². The molecule has 0 spiro atoms. The highest BCUT2D eigenvalue weighted by Gasteiger charge is 2.57. The van der Waals surface area contributed by atoms with Gasteiger partial charge in [0, 0.05) is 6.20 Å². The fourth-order valence-corrected chi connectivity index (χ4v) is 2.60. The van der Waals surface area contributed by atoms with E-state index in [1.54, 1.807) is 0 Å². The third-order valence-corrected chi connectivity index (χ3v) is 3.74. The van der Waals surface area contributed by atoms with Gasteiger partial charge in [0.15, 0.2) is 0 Å². The van der Waals surface area contributed by atoms with Gasteiger partial charge in [-0.25, -0.2) is 0 Å². The van der Waals surface area contributed by atoms with Crippen LogP contribution in [0.25, 0.3) is 0 Å². The average Bonchev–Trinajstić information content (AvgIpc) is 2.79. The molecule has 0 saturated heterocycles. The van der Waals surface area contributed by atoms with Crippen LogP contribution < -0.4 is 5.73 Å². The molecule has 1 saturated carbocycles. The highest BCUT2D eigenvalue weighted by atomic mass is 19.4. The monoisotopic (exact) mass is 244 g/mol. The first kappa shape index (κ1) is 12.4. The molecule has 0 aromatic carbocycles. The molecule has 0 aliphatic heterocycles. The minimum absolute atomic E-state index is 0.0657. The van der Waals surface area contributed by atoms with Gasteiger partial charge in [-0.1, -0.05) is 19.9 Å². The number of alkyl halides is 3. The van der Waals surface area contributed by atoms with E-state index in [1.807, 2.05) is 0 Å². The fourth-order valence-electron chi connectivity index (χ4n) is 2.60. The predicted molar refractivity (Wildman–Crippen MR) is 58.3 cm³/mol. The van der Waals surface area contributed by atoms with Crippen LogP contribution in [0.2, 0.25) is 0 Å². The van der Waals surface area contributed by atoms with Gasteiger partial charge in [0.05, 0.1) is 0 Å². The Morgan fingerprint density at radius 3 is 2.35 bits per heavy atom. The van der Waals surface area contributed by atoms with E-state index in [1.165, 1.54) is 12.3 Å². The van der Waals surface area contributed by atoms with Crippen LogP contribution in [0.15, 0.2) is 18.3 Å². The van der Waals surface area contributed by atoms with Crippen molar-refractivity contribution in [2.75, 3.05) is 6.54 Å². The van der Waals surface area contributed by atoms with Crippen molar-refractivity contribution in [1.29, 1.82) is 0 Å². The van der Waals surface area contributed by atoms with Crippen molar-refractivity contribution in [3.8, 4) is 0 Å². The molecule has 2 rings (SSSR count). The van der Waals surface area contributed by atoms with Crippen molar-refractivity contribution in [3.05, 3.63) is 29.6 Å². The smallest absolute Gasteiger partial charge is 0.330 e. The molecule has 2 atom stereocenters. The van der Waals surface area contributed by atoms with Crippen LogP contribution >= 0.6 is 0 Å². The van der Waals surface area contributed by atoms with Crippen molar-refractivity contribution in [3.63, 3.8) is 0 Å². The lowest BCUT2D eigenvalue weighted by Crippen LogP contribution is -2.08. The largest absolute Gasteiger partial charge is 0.433 e. The van der Waals surface area contributed by atoms with Crippen molar-refractivity contribution < 1.29 is 13.2 Å². The molecular weight excluding hydrogens is 229 g/mol. The van der Waals surface area contributed by atoms with Gasteiger partial charge in [-0.2, -0.15) is 13.2 Å². The molecule has 0 amide bonds. The molecule has 1 aliphatic rings. The lowest BCUT2D eigenvalue weighted by Gasteiger charge is -2.07. The minimum Gasteiger partial charge on any atom is -0.330 e. The second-order valence-electron chi connectivity index (χ2n) is 5.12. The quantitative estimate of drug-likeness (QED) is 0.868. The summed E-state index contributed by atoms with van der Waals surface area (Å²) in [5.41, 5.74) is 5.70. The Bertz CT molecular complexity index is 409. The van der Waals surface area contributed by atoms with Crippen LogP contribution in [-0.2, 0) is 6.18 Å². The standard InChI is InChI=1S/C12H15F3N2/c1-11(2)8(5-16)10(11)7-3-4-9(17-6-7)12(13,14)15/h3-4,6,8,10H,5,16H2,1-2H3. The molecule has 1 fully saturated rings. The second-order valence-corrected chi connectivity index (χ2v) is 5.12. The maximum Gasteiger partial charge on any atom is 0.433 e. The lowest BCUT2D eigenvalue weighted by molar-refractivity contribution is -0.141. The summed E-state index contributed by atoms with van der Waals surface area (Å²) < 4.78 is 37.0. The zero-order valence-electron chi connectivity index (χ0n) is 9.75. The van der Waals surface area contributed by atoms with E-state index in [4.69, 9.17) is 5.73 Å². The fraction of sp³-hybridized carbons (Fsp3) is 0.583. The minimum atomic E-state index is -4.37. The second kappa shape index (κ2) is 3.70. The molecule has 2 unspecified atom stereocenters. The number of nitrogens with two attached hydrogens (primary N) is 1. The summed E-state index contributed by atoms with van der Waals surface area (Å²) in [7, 11) is 0. The number of nitrogens with zero attached hydrogens (tertiary/aromatic N) is 1. The highest BCUT2D eigenvalue weighted by molar-refractivity contribution is 5.31. The number of halogens is 3. The summed E-state index contributed by atoms with van der Waals surface area (Å²) in [5.74, 6) is 0.559. The SMILES string of the molecule is CC1(C)C(CN)C1c1ccc(C(F)(F)F)nc1. The van der Waals surface area contributed by atoms with Gasteiger partial charge < -0.3 is 5.73 Å². The summed E-state index contributed by atoms with van der Waals surface area (Å²) in [4.78, 5) is 3.48. The van der Waals surface area contributed by atoms with E-state index in [2.05, 4.69) is 18.8 Å². The van der Waals surface area contributed by atoms with Crippen LogP contribution in [-0.4, -0.2) is 11.5 Å². The van der Waals surface area contributed by atoms with Crippen molar-refractivity contribution in [2.24, 2.45) is 17.1 Å². The zero-order valence-corrected chi connectivity index (χ0v) is 9.75. The van der Waals surface area contributed by atoms with Crippen molar-refractivity contribution in [1.82, 2.24) is 4.98 Å². The third-order valence-electron chi connectivity index (χ3n) is 3.74. The molecule has 1 aliphatic carbocycles. The van der Waals surface area contributed by atoms with Gasteiger partial charge in [-0.15, -0.1) is 0 Å². The Kier molecular flexibility index (Phi) is 2.69. The van der Waals surface area contributed by atoms with E-state index >= 15 is 0 Å². The predicted octanol–water partition coefficient (Wildman–Crippen LogP) is 2.80. The molecule has 94 valence electrons. The molecule has 0 bridgehead atoms. The van der Waals surface area contributed by atoms with Crippen LogP contribution in [0.4, 0.5) is 13.2 Å². The van der Waals surface area contributed by atoms with Crippen LogP contribution in [0.1, 0.15) is 31.0 Å². The molecular formula is C12H15F3N2. The van der Waals surface area contributed by atoms with Crippen LogP contribution in [0, 0.1) is 11.3 Å². The number of aromatic nitrogens is 1. The summed E-state index contributed by atoms with van der Waals surface area (Å²) in [5, 5.41) is 0. The molecule has 5 heteroatoms. The maximum absolute atomic E-state index is 12.3. The molecule has 1 aromatic rings. The maximum atomic E-state index is 12.3. The number of pyridine rings is 1. The Morgan fingerprint density at radius 2 is 2.00 bits per heavy atom. The topological polar surface area (TPSA) is 38.9 Å². The summed E-state index contributed by atoms with van der Waals surface area (Å²) in [6.07, 6.45) is -3.05. The first-order valence-electron chi connectivity index (χ1n) is 5.51. The van der Waals surface area contributed by atoms with Gasteiger partial charge in [0.25, 0.3) is 0 Å². The van der Waals surface area contributed by atoms with Gasteiger partial charge in [0.2, 0.25) is 0 Å². The summed E-state index contributed by atoms with van der Waals surface area (Å²) >= 11 is 0. The van der Waals surface area contributed by atoms with E-state index in [9.17, 15) is 13.2 Å². The number of rotatable bonds is 2. The number of hydrogen-bond donors (Lipinski definition) is 1. The van der Waals surface area contributed by atoms with Crippen molar-refractivity contribution >= 4 is 0 Å². The molecule has 2 nitrogen and oxygen atoms in total. The molecule has 2 N–H and O–H groups in total. The van der Waals surface area contributed by atoms with Gasteiger partial charge in [0.1, 0.15) is 5.69 Å². The Morgan fingerprint density at radius 1 is 1.35 bits per heavy atom. The Balaban J connectivity index is 2.21. The van der Waals surface area contributed by atoms with Crippen LogP contribution in [0.3, 0.4) is 0 Å². The van der Waals surface area contributed by atoms with E-state index in [0.29, 0.717) is 12.5 Å². The first-order chi connectivity index (χ1) is 7.78. The number of hydrogen-bond acceptors (Lipinski definition) is 2. The van der Waals surface area contributed by atoms with Gasteiger partial charge >= 0.3 is 6.18 Å². The molecule has 1 heterocycles. The molecule has 0 radical (unpaired) electrons. The highest BCUT2D eigenvalue weighted by Crippen LogP contribution is 2.63. The zero-order chi connectivity index (χ0) is 12.8. The van der Waals surface area contributed by atoms with Gasteiger partial charge in [-0.3, -0.25) is 4.98 Å². The van der Waals surface area contributed by atoms with E-state index in [-0.39, 0.29) is 11.3 Å².